The lowest BCUT2D eigenvalue weighted by Gasteiger charge is -2.34. The summed E-state index contributed by atoms with van der Waals surface area (Å²) in [7, 11) is 0. The number of likely N-dealkylation sites (tertiary alicyclic amines) is 1. The van der Waals surface area contributed by atoms with E-state index in [-0.39, 0.29) is 31.0 Å². The summed E-state index contributed by atoms with van der Waals surface area (Å²) < 4.78 is 32.9. The SMILES string of the molecule is O=C(c1ccc(F)cc1F)N1CCN(c2ccc(OCCCN3CCCCC3)cc2)C(=O)C1.O=CO. The third-order valence-corrected chi connectivity index (χ3v) is 6.15. The number of hydrogen-bond donors (Lipinski definition) is 1. The topological polar surface area (TPSA) is 90.4 Å². The fourth-order valence-electron chi connectivity index (χ4n) is 4.34. The molecule has 8 nitrogen and oxygen atoms in total. The van der Waals surface area contributed by atoms with Crippen molar-refractivity contribution >= 4 is 24.0 Å². The second kappa shape index (κ2) is 13.5. The molecule has 0 bridgehead atoms. The van der Waals surface area contributed by atoms with Crippen molar-refractivity contribution in [3.8, 4) is 5.75 Å². The molecule has 2 aromatic carbocycles. The lowest BCUT2D eigenvalue weighted by molar-refractivity contribution is -0.123. The summed E-state index contributed by atoms with van der Waals surface area (Å²) in [6.45, 7) is 4.21. The molecular weight excluding hydrogens is 472 g/mol. The number of benzene rings is 2. The van der Waals surface area contributed by atoms with Gasteiger partial charge in [0.05, 0.1) is 12.2 Å². The molecule has 0 unspecified atom stereocenters. The summed E-state index contributed by atoms with van der Waals surface area (Å²) in [5.74, 6) is -1.80. The molecule has 1 N–H and O–H groups in total. The average molecular weight is 504 g/mol. The van der Waals surface area contributed by atoms with Crippen molar-refractivity contribution in [2.45, 2.75) is 25.7 Å². The average Bonchev–Trinajstić information content (AvgIpc) is 2.88. The molecule has 194 valence electrons. The predicted octanol–water partition coefficient (Wildman–Crippen LogP) is 3.41. The van der Waals surface area contributed by atoms with Crippen molar-refractivity contribution in [1.82, 2.24) is 9.80 Å². The Morgan fingerprint density at radius 2 is 1.69 bits per heavy atom. The van der Waals surface area contributed by atoms with Gasteiger partial charge < -0.3 is 24.5 Å². The summed E-state index contributed by atoms with van der Waals surface area (Å²) in [6, 6.07) is 10.2. The quantitative estimate of drug-likeness (QED) is 0.460. The number of piperidine rings is 1. The Bertz CT molecular complexity index is 1030. The van der Waals surface area contributed by atoms with Gasteiger partial charge in [0.2, 0.25) is 5.91 Å². The van der Waals surface area contributed by atoms with Crippen molar-refractivity contribution in [3.05, 3.63) is 59.7 Å². The van der Waals surface area contributed by atoms with E-state index in [1.807, 2.05) is 24.3 Å². The minimum atomic E-state index is -0.929. The number of hydrogen-bond acceptors (Lipinski definition) is 5. The number of carboxylic acid groups (broad SMARTS) is 1. The zero-order valence-corrected chi connectivity index (χ0v) is 20.1. The summed E-state index contributed by atoms with van der Waals surface area (Å²) in [5, 5.41) is 6.89. The van der Waals surface area contributed by atoms with E-state index < -0.39 is 17.5 Å². The molecule has 2 heterocycles. The number of nitrogens with zero attached hydrogens (tertiary/aromatic N) is 3. The third-order valence-electron chi connectivity index (χ3n) is 6.15. The molecule has 0 aliphatic carbocycles. The van der Waals surface area contributed by atoms with Crippen LogP contribution < -0.4 is 9.64 Å². The highest BCUT2D eigenvalue weighted by molar-refractivity contribution is 6.01. The Morgan fingerprint density at radius 3 is 2.33 bits per heavy atom. The fourth-order valence-corrected chi connectivity index (χ4v) is 4.34. The van der Waals surface area contributed by atoms with Crippen LogP contribution in [0.15, 0.2) is 42.5 Å². The molecule has 2 aliphatic rings. The molecule has 2 aliphatic heterocycles. The molecule has 0 radical (unpaired) electrons. The Kier molecular flexibility index (Phi) is 10.2. The number of carbonyl (C=O) groups excluding carboxylic acids is 2. The third kappa shape index (κ3) is 7.48. The first-order valence-corrected chi connectivity index (χ1v) is 12.0. The molecule has 2 fully saturated rings. The van der Waals surface area contributed by atoms with Gasteiger partial charge in [-0.2, -0.15) is 0 Å². The highest BCUT2D eigenvalue weighted by atomic mass is 19.1. The van der Waals surface area contributed by atoms with E-state index >= 15 is 0 Å². The van der Waals surface area contributed by atoms with Crippen LogP contribution in [0, 0.1) is 11.6 Å². The van der Waals surface area contributed by atoms with Crippen molar-refractivity contribution in [2.75, 3.05) is 50.8 Å². The molecule has 36 heavy (non-hydrogen) atoms. The number of carbonyl (C=O) groups is 3. The van der Waals surface area contributed by atoms with E-state index in [4.69, 9.17) is 14.6 Å². The molecule has 2 amide bonds. The minimum Gasteiger partial charge on any atom is -0.494 e. The first-order valence-electron chi connectivity index (χ1n) is 12.0. The first-order chi connectivity index (χ1) is 17.4. The highest BCUT2D eigenvalue weighted by Gasteiger charge is 2.29. The summed E-state index contributed by atoms with van der Waals surface area (Å²) >= 11 is 0. The molecule has 10 heteroatoms. The Morgan fingerprint density at radius 1 is 1.00 bits per heavy atom. The highest BCUT2D eigenvalue weighted by Crippen LogP contribution is 2.23. The van der Waals surface area contributed by atoms with Crippen molar-refractivity contribution in [3.63, 3.8) is 0 Å². The Labute approximate surface area is 209 Å². The standard InChI is InChI=1S/C25H29F2N3O3.CH2O2/c26-19-5-10-22(23(27)17-19)25(32)29-14-15-30(24(31)18-29)20-6-8-21(9-7-20)33-16-4-13-28-11-2-1-3-12-28;2-1-3/h5-10,17H,1-4,11-16,18H2;1H,(H,2,3). The molecule has 4 rings (SSSR count). The van der Waals surface area contributed by atoms with Gasteiger partial charge in [-0.05, 0) is 68.8 Å². The number of piperazine rings is 1. The van der Waals surface area contributed by atoms with Crippen molar-refractivity contribution < 1.29 is 33.0 Å². The monoisotopic (exact) mass is 503 g/mol. The van der Waals surface area contributed by atoms with E-state index in [1.165, 1.54) is 37.3 Å². The van der Waals surface area contributed by atoms with Gasteiger partial charge in [0, 0.05) is 31.4 Å². The normalized spacial score (nSPS) is 16.2. The van der Waals surface area contributed by atoms with E-state index in [9.17, 15) is 18.4 Å². The van der Waals surface area contributed by atoms with Gasteiger partial charge in [-0.3, -0.25) is 14.4 Å². The van der Waals surface area contributed by atoms with Crippen LogP contribution in [0.1, 0.15) is 36.0 Å². The minimum absolute atomic E-state index is 0.162. The van der Waals surface area contributed by atoms with Gasteiger partial charge in [-0.25, -0.2) is 8.78 Å². The number of amides is 2. The molecule has 2 aromatic rings. The van der Waals surface area contributed by atoms with Gasteiger partial charge >= 0.3 is 0 Å². The van der Waals surface area contributed by atoms with Crippen LogP contribution in [0.4, 0.5) is 14.5 Å². The fraction of sp³-hybridized carbons (Fsp3) is 0.423. The Balaban J connectivity index is 0.00000115. The molecule has 0 aromatic heterocycles. The van der Waals surface area contributed by atoms with Gasteiger partial charge in [0.1, 0.15) is 23.9 Å². The maximum atomic E-state index is 13.9. The van der Waals surface area contributed by atoms with Crippen LogP contribution in [-0.4, -0.2) is 79.1 Å². The van der Waals surface area contributed by atoms with Crippen molar-refractivity contribution in [1.29, 1.82) is 0 Å². The second-order valence-corrected chi connectivity index (χ2v) is 8.60. The van der Waals surface area contributed by atoms with Crippen molar-refractivity contribution in [2.24, 2.45) is 0 Å². The lowest BCUT2D eigenvalue weighted by Crippen LogP contribution is -2.52. The van der Waals surface area contributed by atoms with Crippen LogP contribution in [-0.2, 0) is 9.59 Å². The van der Waals surface area contributed by atoms with Crippen LogP contribution in [0.25, 0.3) is 0 Å². The zero-order valence-electron chi connectivity index (χ0n) is 20.1. The molecule has 0 saturated carbocycles. The number of halogens is 2. The smallest absolute Gasteiger partial charge is 0.290 e. The van der Waals surface area contributed by atoms with Gasteiger partial charge in [-0.15, -0.1) is 0 Å². The Hall–Kier alpha value is -3.53. The predicted molar refractivity (Wildman–Crippen MR) is 130 cm³/mol. The van der Waals surface area contributed by atoms with E-state index in [0.717, 1.165) is 36.5 Å². The number of anilines is 1. The largest absolute Gasteiger partial charge is 0.494 e. The second-order valence-electron chi connectivity index (χ2n) is 8.60. The zero-order chi connectivity index (χ0) is 25.9. The summed E-state index contributed by atoms with van der Waals surface area (Å²) in [5.41, 5.74) is 0.486. The maximum Gasteiger partial charge on any atom is 0.290 e. The first kappa shape index (κ1) is 27.1. The molecule has 0 spiro atoms. The van der Waals surface area contributed by atoms with Gasteiger partial charge in [0.25, 0.3) is 12.4 Å². The van der Waals surface area contributed by atoms with Crippen LogP contribution >= 0.6 is 0 Å². The summed E-state index contributed by atoms with van der Waals surface area (Å²) in [4.78, 5) is 39.0. The van der Waals surface area contributed by atoms with Gasteiger partial charge in [0.15, 0.2) is 0 Å². The summed E-state index contributed by atoms with van der Waals surface area (Å²) in [6.07, 6.45) is 4.88. The van der Waals surface area contributed by atoms with Crippen LogP contribution in [0.5, 0.6) is 5.75 Å². The lowest BCUT2D eigenvalue weighted by atomic mass is 10.1. The molecule has 2 saturated heterocycles. The van der Waals surface area contributed by atoms with Gasteiger partial charge in [-0.1, -0.05) is 6.42 Å². The number of ether oxygens (including phenoxy) is 1. The van der Waals surface area contributed by atoms with E-state index in [2.05, 4.69) is 4.90 Å². The molecular formula is C26H31F2N3O5. The number of rotatable bonds is 7. The maximum absolute atomic E-state index is 13.9. The van der Waals surface area contributed by atoms with Crippen LogP contribution in [0.3, 0.4) is 0 Å². The van der Waals surface area contributed by atoms with E-state index in [1.54, 1.807) is 4.90 Å². The van der Waals surface area contributed by atoms with E-state index in [0.29, 0.717) is 19.2 Å². The van der Waals surface area contributed by atoms with Crippen LogP contribution in [0.2, 0.25) is 0 Å². The molecule has 0 atom stereocenters.